The van der Waals surface area contributed by atoms with Crippen molar-refractivity contribution in [3.63, 3.8) is 0 Å². The zero-order valence-corrected chi connectivity index (χ0v) is 18.2. The number of benzene rings is 3. The van der Waals surface area contributed by atoms with Gasteiger partial charge in [-0.25, -0.2) is 12.8 Å². The predicted molar refractivity (Wildman–Crippen MR) is 119 cm³/mol. The highest BCUT2D eigenvalue weighted by Gasteiger charge is 2.31. The van der Waals surface area contributed by atoms with Crippen molar-refractivity contribution in [2.24, 2.45) is 0 Å². The third-order valence-electron chi connectivity index (χ3n) is 5.37. The number of ether oxygens (including phenoxy) is 1. The number of hydrogen-bond acceptors (Lipinski definition) is 4. The molecule has 0 aliphatic carbocycles. The number of hydrogen-bond donors (Lipinski definition) is 0. The van der Waals surface area contributed by atoms with Crippen molar-refractivity contribution in [1.29, 1.82) is 0 Å². The minimum atomic E-state index is -3.94. The number of piperazine rings is 1. The first-order valence-corrected chi connectivity index (χ1v) is 11.7. The van der Waals surface area contributed by atoms with Crippen LogP contribution in [0, 0.1) is 5.82 Å². The molecule has 3 aromatic carbocycles. The lowest BCUT2D eigenvalue weighted by Crippen LogP contribution is -2.51. The first-order valence-electron chi connectivity index (χ1n) is 10.3. The van der Waals surface area contributed by atoms with Crippen LogP contribution in [-0.4, -0.2) is 56.3 Å². The van der Waals surface area contributed by atoms with Gasteiger partial charge in [-0.2, -0.15) is 4.31 Å². The molecule has 1 heterocycles. The summed E-state index contributed by atoms with van der Waals surface area (Å²) in [5.74, 6) is -0.420. The lowest BCUT2D eigenvalue weighted by molar-refractivity contribution is -0.134. The third kappa shape index (κ3) is 4.81. The molecule has 3 aromatic rings. The van der Waals surface area contributed by atoms with Gasteiger partial charge in [0.2, 0.25) is 10.0 Å². The smallest absolute Gasteiger partial charge is 0.260 e. The molecule has 0 unspecified atom stereocenters. The normalized spacial score (nSPS) is 14.8. The summed E-state index contributed by atoms with van der Waals surface area (Å²) < 4.78 is 46.1. The van der Waals surface area contributed by atoms with Crippen LogP contribution in [0.1, 0.15) is 0 Å². The molecule has 0 N–H and O–H groups in total. The molecule has 1 amide bonds. The lowest BCUT2D eigenvalue weighted by atomic mass is 10.1. The summed E-state index contributed by atoms with van der Waals surface area (Å²) in [5.41, 5.74) is 2.15. The maximum Gasteiger partial charge on any atom is 0.260 e. The van der Waals surface area contributed by atoms with Gasteiger partial charge in [0, 0.05) is 26.2 Å². The number of carbonyl (C=O) groups excluding carboxylic acids is 1. The molecule has 1 aliphatic heterocycles. The Morgan fingerprint density at radius 2 is 1.41 bits per heavy atom. The molecule has 0 atom stereocenters. The van der Waals surface area contributed by atoms with Gasteiger partial charge >= 0.3 is 0 Å². The van der Waals surface area contributed by atoms with E-state index in [2.05, 4.69) is 0 Å². The first kappa shape index (κ1) is 22.0. The molecule has 1 aliphatic rings. The summed E-state index contributed by atoms with van der Waals surface area (Å²) in [5, 5.41) is 0. The van der Waals surface area contributed by atoms with Crippen molar-refractivity contribution in [3.05, 3.63) is 84.7 Å². The third-order valence-corrected chi connectivity index (χ3v) is 7.30. The lowest BCUT2D eigenvalue weighted by Gasteiger charge is -2.34. The van der Waals surface area contributed by atoms with E-state index in [-0.39, 0.29) is 43.6 Å². The summed E-state index contributed by atoms with van der Waals surface area (Å²) in [4.78, 5) is 13.7. The van der Waals surface area contributed by atoms with Crippen molar-refractivity contribution in [2.75, 3.05) is 32.8 Å². The summed E-state index contributed by atoms with van der Waals surface area (Å²) in [7, 11) is -3.94. The highest BCUT2D eigenvalue weighted by Crippen LogP contribution is 2.23. The maximum absolute atomic E-state index is 13.9. The number of amides is 1. The SMILES string of the molecule is O=C(COc1ccc(-c2ccccc2)cc1)N1CCN(S(=O)(=O)c2ccccc2F)CC1. The second-order valence-corrected chi connectivity index (χ2v) is 9.30. The zero-order chi connectivity index (χ0) is 22.6. The second-order valence-electron chi connectivity index (χ2n) is 7.39. The van der Waals surface area contributed by atoms with Crippen LogP contribution in [0.3, 0.4) is 0 Å². The first-order chi connectivity index (χ1) is 15.4. The van der Waals surface area contributed by atoms with E-state index in [9.17, 15) is 17.6 Å². The molecular formula is C24H23FN2O4S. The monoisotopic (exact) mass is 454 g/mol. The average molecular weight is 455 g/mol. The van der Waals surface area contributed by atoms with E-state index in [1.165, 1.54) is 22.5 Å². The van der Waals surface area contributed by atoms with E-state index in [0.29, 0.717) is 5.75 Å². The molecule has 6 nitrogen and oxygen atoms in total. The Hall–Kier alpha value is -3.23. The van der Waals surface area contributed by atoms with Gasteiger partial charge in [0.15, 0.2) is 6.61 Å². The van der Waals surface area contributed by atoms with Gasteiger partial charge in [0.1, 0.15) is 16.5 Å². The number of halogens is 1. The Bertz CT molecular complexity index is 1180. The Labute approximate surface area is 186 Å². The van der Waals surface area contributed by atoms with Crippen LogP contribution in [0.5, 0.6) is 5.75 Å². The molecule has 0 radical (unpaired) electrons. The van der Waals surface area contributed by atoms with Gasteiger partial charge < -0.3 is 9.64 Å². The van der Waals surface area contributed by atoms with Crippen LogP contribution < -0.4 is 4.74 Å². The molecule has 8 heteroatoms. The number of nitrogens with zero attached hydrogens (tertiary/aromatic N) is 2. The Kier molecular flexibility index (Phi) is 6.53. The predicted octanol–water partition coefficient (Wildman–Crippen LogP) is 3.40. The molecule has 1 saturated heterocycles. The van der Waals surface area contributed by atoms with Gasteiger partial charge in [0.05, 0.1) is 0 Å². The van der Waals surface area contributed by atoms with E-state index in [1.54, 1.807) is 4.90 Å². The Balaban J connectivity index is 1.30. The van der Waals surface area contributed by atoms with Crippen molar-refractivity contribution in [3.8, 4) is 16.9 Å². The van der Waals surface area contributed by atoms with E-state index < -0.39 is 15.8 Å². The second kappa shape index (κ2) is 9.50. The molecule has 0 aromatic heterocycles. The molecule has 0 bridgehead atoms. The largest absolute Gasteiger partial charge is 0.484 e. The van der Waals surface area contributed by atoms with Crippen molar-refractivity contribution < 1.29 is 22.3 Å². The molecule has 1 fully saturated rings. The number of carbonyl (C=O) groups is 1. The van der Waals surface area contributed by atoms with Crippen molar-refractivity contribution in [2.45, 2.75) is 4.90 Å². The van der Waals surface area contributed by atoms with Crippen LogP contribution in [0.4, 0.5) is 4.39 Å². The standard InChI is InChI=1S/C24H23FN2O4S/c25-22-8-4-5-9-23(22)32(29,30)27-16-14-26(15-17-27)24(28)18-31-21-12-10-20(11-13-21)19-6-2-1-3-7-19/h1-13H,14-18H2. The van der Waals surface area contributed by atoms with Crippen molar-refractivity contribution >= 4 is 15.9 Å². The molecule has 166 valence electrons. The quantitative estimate of drug-likeness (QED) is 0.573. The van der Waals surface area contributed by atoms with Crippen LogP contribution in [-0.2, 0) is 14.8 Å². The van der Waals surface area contributed by atoms with Gasteiger partial charge in [-0.15, -0.1) is 0 Å². The Morgan fingerprint density at radius 3 is 2.06 bits per heavy atom. The van der Waals surface area contributed by atoms with Crippen molar-refractivity contribution in [1.82, 2.24) is 9.21 Å². The van der Waals surface area contributed by atoms with Crippen LogP contribution in [0.25, 0.3) is 11.1 Å². The van der Waals surface area contributed by atoms with Gasteiger partial charge in [-0.3, -0.25) is 4.79 Å². The summed E-state index contributed by atoms with van der Waals surface area (Å²) >= 11 is 0. The van der Waals surface area contributed by atoms with Crippen LogP contribution in [0.15, 0.2) is 83.8 Å². The maximum atomic E-state index is 13.9. The zero-order valence-electron chi connectivity index (χ0n) is 17.4. The fourth-order valence-electron chi connectivity index (χ4n) is 3.58. The van der Waals surface area contributed by atoms with E-state index in [4.69, 9.17) is 4.74 Å². The van der Waals surface area contributed by atoms with Gasteiger partial charge in [-0.05, 0) is 35.4 Å². The number of sulfonamides is 1. The molecule has 0 saturated carbocycles. The minimum Gasteiger partial charge on any atom is -0.484 e. The van der Waals surface area contributed by atoms with Crippen LogP contribution in [0.2, 0.25) is 0 Å². The summed E-state index contributed by atoms with van der Waals surface area (Å²) in [6, 6.07) is 22.7. The highest BCUT2D eigenvalue weighted by atomic mass is 32.2. The van der Waals surface area contributed by atoms with E-state index in [1.807, 2.05) is 54.6 Å². The fourth-order valence-corrected chi connectivity index (χ4v) is 5.07. The van der Waals surface area contributed by atoms with Gasteiger partial charge in [-0.1, -0.05) is 54.6 Å². The molecule has 4 rings (SSSR count). The number of rotatable bonds is 6. The average Bonchev–Trinajstić information content (AvgIpc) is 2.83. The molecular weight excluding hydrogens is 431 g/mol. The minimum absolute atomic E-state index is 0.105. The fraction of sp³-hybridized carbons (Fsp3) is 0.208. The van der Waals surface area contributed by atoms with E-state index in [0.717, 1.165) is 17.2 Å². The Morgan fingerprint density at radius 1 is 0.812 bits per heavy atom. The molecule has 0 spiro atoms. The topological polar surface area (TPSA) is 66.9 Å². The van der Waals surface area contributed by atoms with E-state index >= 15 is 0 Å². The highest BCUT2D eigenvalue weighted by molar-refractivity contribution is 7.89. The summed E-state index contributed by atoms with van der Waals surface area (Å²) in [6.07, 6.45) is 0. The molecule has 32 heavy (non-hydrogen) atoms. The van der Waals surface area contributed by atoms with Gasteiger partial charge in [0.25, 0.3) is 5.91 Å². The summed E-state index contributed by atoms with van der Waals surface area (Å²) in [6.45, 7) is 0.527. The van der Waals surface area contributed by atoms with Crippen LogP contribution >= 0.6 is 0 Å².